The Labute approximate surface area is 163 Å². The monoisotopic (exact) mass is 380 g/mol. The number of halogens is 1. The molecule has 5 heteroatoms. The number of ether oxygens (including phenoxy) is 1. The van der Waals surface area contributed by atoms with E-state index in [-0.39, 0.29) is 11.9 Å². The molecule has 4 nitrogen and oxygen atoms in total. The lowest BCUT2D eigenvalue weighted by atomic mass is 9.98. The molecule has 1 N–H and O–H groups in total. The van der Waals surface area contributed by atoms with Crippen molar-refractivity contribution in [3.05, 3.63) is 69.9 Å². The number of carbonyl (C=O) groups excluding carboxylic acids is 1. The maximum atomic E-state index is 13.0. The Morgan fingerprint density at radius 2 is 2.07 bits per heavy atom. The van der Waals surface area contributed by atoms with Gasteiger partial charge in [0.2, 0.25) is 0 Å². The van der Waals surface area contributed by atoms with Crippen LogP contribution in [0.2, 0.25) is 5.02 Å². The predicted molar refractivity (Wildman–Crippen MR) is 106 cm³/mol. The van der Waals surface area contributed by atoms with Gasteiger partial charge in [0.05, 0.1) is 5.52 Å². The van der Waals surface area contributed by atoms with Crippen LogP contribution in [-0.2, 0) is 35.5 Å². The van der Waals surface area contributed by atoms with Gasteiger partial charge in [-0.25, -0.2) is 0 Å². The number of hydrogen-bond acceptors (Lipinski definition) is 3. The number of fused-ring (bicyclic) bond motifs is 3. The summed E-state index contributed by atoms with van der Waals surface area (Å²) in [5.74, 6) is -0.448. The first-order valence-electron chi connectivity index (χ1n) is 9.47. The summed E-state index contributed by atoms with van der Waals surface area (Å²) in [6, 6.07) is 13.9. The van der Waals surface area contributed by atoms with Crippen molar-refractivity contribution < 1.29 is 9.53 Å². The van der Waals surface area contributed by atoms with Crippen LogP contribution >= 0.6 is 11.6 Å². The Morgan fingerprint density at radius 1 is 1.22 bits per heavy atom. The van der Waals surface area contributed by atoms with Crippen LogP contribution in [-0.4, -0.2) is 23.6 Å². The van der Waals surface area contributed by atoms with Crippen molar-refractivity contribution in [3.63, 3.8) is 0 Å². The zero-order chi connectivity index (χ0) is 18.4. The van der Waals surface area contributed by atoms with Gasteiger partial charge in [0.25, 0.3) is 0 Å². The highest BCUT2D eigenvalue weighted by Gasteiger charge is 2.34. The molecule has 3 heterocycles. The maximum Gasteiger partial charge on any atom is 0.316 e. The van der Waals surface area contributed by atoms with Gasteiger partial charge < -0.3 is 14.6 Å². The third kappa shape index (κ3) is 2.84. The molecule has 27 heavy (non-hydrogen) atoms. The Hall–Kier alpha value is -2.30. The molecule has 5 rings (SSSR count). The van der Waals surface area contributed by atoms with E-state index in [0.717, 1.165) is 42.2 Å². The Bertz CT molecular complexity index is 1030. The average Bonchev–Trinajstić information content (AvgIpc) is 3.14. The van der Waals surface area contributed by atoms with Crippen LogP contribution in [0.15, 0.2) is 42.5 Å². The first-order chi connectivity index (χ1) is 13.2. The van der Waals surface area contributed by atoms with Crippen molar-refractivity contribution in [1.29, 1.82) is 0 Å². The van der Waals surface area contributed by atoms with Gasteiger partial charge in [0.1, 0.15) is 12.5 Å². The number of carbonyl (C=O) groups is 1. The highest BCUT2D eigenvalue weighted by molar-refractivity contribution is 6.31. The van der Waals surface area contributed by atoms with E-state index < -0.39 is 0 Å². The van der Waals surface area contributed by atoms with Crippen molar-refractivity contribution in [2.75, 3.05) is 13.1 Å². The largest absolute Gasteiger partial charge is 0.460 e. The van der Waals surface area contributed by atoms with Crippen LogP contribution in [0.1, 0.15) is 28.3 Å². The lowest BCUT2D eigenvalue weighted by Crippen LogP contribution is -2.28. The summed E-state index contributed by atoms with van der Waals surface area (Å²) in [5.41, 5.74) is 5.92. The molecule has 0 bridgehead atoms. The van der Waals surface area contributed by atoms with Crippen LogP contribution < -0.4 is 5.32 Å². The summed E-state index contributed by atoms with van der Waals surface area (Å²) < 4.78 is 8.03. The van der Waals surface area contributed by atoms with E-state index in [9.17, 15) is 4.79 Å². The second kappa shape index (κ2) is 6.70. The first-order valence-corrected chi connectivity index (χ1v) is 9.85. The van der Waals surface area contributed by atoms with Gasteiger partial charge in [0.15, 0.2) is 0 Å². The third-order valence-corrected chi connectivity index (χ3v) is 5.91. The highest BCUT2D eigenvalue weighted by Crippen LogP contribution is 2.40. The summed E-state index contributed by atoms with van der Waals surface area (Å²) >= 11 is 6.37. The van der Waals surface area contributed by atoms with Gasteiger partial charge in [-0.2, -0.15) is 0 Å². The van der Waals surface area contributed by atoms with Crippen molar-refractivity contribution in [2.24, 2.45) is 0 Å². The Balaban J connectivity index is 1.53. The fraction of sp³-hybridized carbons (Fsp3) is 0.318. The highest BCUT2D eigenvalue weighted by atomic mass is 35.5. The molecule has 1 aromatic heterocycles. The maximum absolute atomic E-state index is 13.0. The van der Waals surface area contributed by atoms with Gasteiger partial charge >= 0.3 is 5.97 Å². The van der Waals surface area contributed by atoms with E-state index in [2.05, 4.69) is 22.0 Å². The second-order valence-electron chi connectivity index (χ2n) is 7.33. The normalized spacial score (nSPS) is 18.3. The van der Waals surface area contributed by atoms with Crippen molar-refractivity contribution >= 4 is 28.5 Å². The number of aryl methyl sites for hydroxylation is 2. The predicted octanol–water partition coefficient (Wildman–Crippen LogP) is 3.82. The number of benzene rings is 2. The SMILES string of the molecule is O=C(OCc1ccccc1)C1CNCCc2c1n1c3c(cc(Cl)cc23)CC1. The summed E-state index contributed by atoms with van der Waals surface area (Å²) in [6.07, 6.45) is 1.87. The molecule has 1 atom stereocenters. The number of nitrogens with zero attached hydrogens (tertiary/aromatic N) is 1. The number of rotatable bonds is 3. The zero-order valence-electron chi connectivity index (χ0n) is 15.0. The molecule has 0 fully saturated rings. The molecule has 1 unspecified atom stereocenters. The standard InChI is InChI=1S/C22H21ClN2O2/c23-16-10-15-7-9-25-20(15)18(11-16)17-6-8-24-12-19(21(17)25)22(26)27-13-14-4-2-1-3-5-14/h1-5,10-11,19,24H,6-9,12-13H2. The molecular weight excluding hydrogens is 360 g/mol. The molecule has 3 aromatic rings. The van der Waals surface area contributed by atoms with Gasteiger partial charge in [-0.3, -0.25) is 4.79 Å². The van der Waals surface area contributed by atoms with Crippen LogP contribution in [0, 0.1) is 0 Å². The van der Waals surface area contributed by atoms with Gasteiger partial charge in [-0.05, 0) is 48.2 Å². The third-order valence-electron chi connectivity index (χ3n) is 5.69. The molecule has 0 aliphatic carbocycles. The number of hydrogen-bond donors (Lipinski definition) is 1. The lowest BCUT2D eigenvalue weighted by molar-refractivity contribution is -0.146. The second-order valence-corrected chi connectivity index (χ2v) is 7.76. The van der Waals surface area contributed by atoms with Crippen molar-refractivity contribution in [1.82, 2.24) is 9.88 Å². The summed E-state index contributed by atoms with van der Waals surface area (Å²) in [7, 11) is 0. The van der Waals surface area contributed by atoms with Crippen LogP contribution in [0.3, 0.4) is 0 Å². The van der Waals surface area contributed by atoms with Gasteiger partial charge in [0, 0.05) is 29.2 Å². The minimum atomic E-state index is -0.289. The van der Waals surface area contributed by atoms with Gasteiger partial charge in [-0.1, -0.05) is 41.9 Å². The van der Waals surface area contributed by atoms with E-state index in [1.807, 2.05) is 30.3 Å². The molecule has 2 aliphatic heterocycles. The fourth-order valence-corrected chi connectivity index (χ4v) is 4.76. The van der Waals surface area contributed by atoms with Crippen LogP contribution in [0.4, 0.5) is 0 Å². The topological polar surface area (TPSA) is 43.3 Å². The lowest BCUT2D eigenvalue weighted by Gasteiger charge is -2.18. The fourth-order valence-electron chi connectivity index (χ4n) is 4.52. The quantitative estimate of drug-likeness (QED) is 0.702. The Morgan fingerprint density at radius 3 is 2.93 bits per heavy atom. The molecule has 0 saturated heterocycles. The number of esters is 1. The zero-order valence-corrected chi connectivity index (χ0v) is 15.8. The molecule has 2 aliphatic rings. The van der Waals surface area contributed by atoms with Gasteiger partial charge in [-0.15, -0.1) is 0 Å². The molecule has 0 amide bonds. The molecule has 0 saturated carbocycles. The number of nitrogens with one attached hydrogen (secondary N) is 1. The van der Waals surface area contributed by atoms with Crippen molar-refractivity contribution in [3.8, 4) is 0 Å². The van der Waals surface area contributed by atoms with Crippen LogP contribution in [0.5, 0.6) is 0 Å². The molecular formula is C22H21ClN2O2. The Kier molecular flexibility index (Phi) is 4.18. The number of aromatic nitrogens is 1. The van der Waals surface area contributed by atoms with E-state index in [0.29, 0.717) is 13.2 Å². The van der Waals surface area contributed by atoms with E-state index in [1.54, 1.807) is 0 Å². The molecule has 2 aromatic carbocycles. The van der Waals surface area contributed by atoms with E-state index in [4.69, 9.17) is 16.3 Å². The molecule has 0 radical (unpaired) electrons. The summed E-state index contributed by atoms with van der Waals surface area (Å²) in [6.45, 7) is 2.68. The molecule has 0 spiro atoms. The molecule has 138 valence electrons. The van der Waals surface area contributed by atoms with E-state index in [1.165, 1.54) is 22.0 Å². The summed E-state index contributed by atoms with van der Waals surface area (Å²) in [4.78, 5) is 13.0. The minimum Gasteiger partial charge on any atom is -0.460 e. The first kappa shape index (κ1) is 16.8. The minimum absolute atomic E-state index is 0.159. The summed E-state index contributed by atoms with van der Waals surface area (Å²) in [5, 5.41) is 5.39. The smallest absolute Gasteiger partial charge is 0.316 e. The van der Waals surface area contributed by atoms with E-state index >= 15 is 0 Å². The average molecular weight is 381 g/mol. The van der Waals surface area contributed by atoms with Crippen molar-refractivity contribution in [2.45, 2.75) is 31.9 Å². The van der Waals surface area contributed by atoms with Crippen LogP contribution in [0.25, 0.3) is 10.9 Å².